The number of rotatable bonds is 6. The molecule has 0 radical (unpaired) electrons. The van der Waals surface area contributed by atoms with Crippen LogP contribution in [0.5, 0.6) is 11.5 Å². The van der Waals surface area contributed by atoms with E-state index in [1.165, 1.54) is 18.1 Å². The number of nitrogens with one attached hydrogen (secondary N) is 1. The van der Waals surface area contributed by atoms with E-state index in [9.17, 15) is 9.59 Å². The monoisotopic (exact) mass is 512 g/mol. The SMILES string of the molecule is COc1cc(/C=C2/C(=O)NC(=S)N(c3ccccc3)C2=O)ccc1OCc1ccc(Cl)c(Cl)c1. The molecule has 172 valence electrons. The van der Waals surface area contributed by atoms with E-state index in [1.807, 2.05) is 12.1 Å². The fraction of sp³-hybridized carbons (Fsp3) is 0.0800. The van der Waals surface area contributed by atoms with Crippen LogP contribution in [0.25, 0.3) is 6.08 Å². The highest BCUT2D eigenvalue weighted by molar-refractivity contribution is 7.80. The van der Waals surface area contributed by atoms with Gasteiger partial charge in [-0.2, -0.15) is 0 Å². The number of carbonyl (C=O) groups is 2. The van der Waals surface area contributed by atoms with E-state index in [2.05, 4.69) is 5.32 Å². The second-order valence-electron chi connectivity index (χ2n) is 7.24. The molecular formula is C25H18Cl2N2O4S. The van der Waals surface area contributed by atoms with Crippen molar-refractivity contribution < 1.29 is 19.1 Å². The summed E-state index contributed by atoms with van der Waals surface area (Å²) in [7, 11) is 1.51. The number of carbonyl (C=O) groups excluding carboxylic acids is 2. The number of nitrogens with zero attached hydrogens (tertiary/aromatic N) is 1. The van der Waals surface area contributed by atoms with Crippen LogP contribution >= 0.6 is 35.4 Å². The number of ether oxygens (including phenoxy) is 2. The molecule has 34 heavy (non-hydrogen) atoms. The maximum Gasteiger partial charge on any atom is 0.270 e. The minimum absolute atomic E-state index is 0.0296. The van der Waals surface area contributed by atoms with E-state index >= 15 is 0 Å². The van der Waals surface area contributed by atoms with Crippen LogP contribution < -0.4 is 19.7 Å². The average molecular weight is 513 g/mol. The van der Waals surface area contributed by atoms with Gasteiger partial charge in [-0.3, -0.25) is 19.8 Å². The van der Waals surface area contributed by atoms with Crippen LogP contribution in [0.15, 0.2) is 72.3 Å². The van der Waals surface area contributed by atoms with Crippen molar-refractivity contribution in [2.24, 2.45) is 0 Å². The van der Waals surface area contributed by atoms with Crippen molar-refractivity contribution in [3.8, 4) is 11.5 Å². The molecule has 1 aliphatic heterocycles. The van der Waals surface area contributed by atoms with Gasteiger partial charge in [0.05, 0.1) is 22.8 Å². The lowest BCUT2D eigenvalue weighted by molar-refractivity contribution is -0.122. The largest absolute Gasteiger partial charge is 0.493 e. The molecule has 0 spiro atoms. The Morgan fingerprint density at radius 1 is 0.971 bits per heavy atom. The molecule has 4 rings (SSSR count). The molecule has 0 unspecified atom stereocenters. The van der Waals surface area contributed by atoms with Crippen molar-refractivity contribution >= 4 is 64.1 Å². The number of anilines is 1. The van der Waals surface area contributed by atoms with Crippen molar-refractivity contribution in [3.05, 3.63) is 93.5 Å². The van der Waals surface area contributed by atoms with Crippen LogP contribution in [0.1, 0.15) is 11.1 Å². The van der Waals surface area contributed by atoms with Gasteiger partial charge in [-0.1, -0.05) is 53.5 Å². The van der Waals surface area contributed by atoms with E-state index < -0.39 is 11.8 Å². The fourth-order valence-electron chi connectivity index (χ4n) is 3.32. The Kier molecular flexibility index (Phi) is 7.17. The van der Waals surface area contributed by atoms with Crippen LogP contribution in [-0.2, 0) is 16.2 Å². The van der Waals surface area contributed by atoms with Gasteiger partial charge in [-0.15, -0.1) is 0 Å². The number of amides is 2. The van der Waals surface area contributed by atoms with E-state index in [4.69, 9.17) is 44.9 Å². The standard InChI is InChI=1S/C25H18Cl2N2O4S/c1-32-22-13-15(8-10-21(22)33-14-16-7-9-19(26)20(27)12-16)11-18-23(30)28-25(34)29(24(18)31)17-5-3-2-4-6-17/h2-13H,14H2,1H3,(H,28,30,34)/b18-11-. The second-order valence-corrected chi connectivity index (χ2v) is 8.44. The Balaban J connectivity index is 1.58. The maximum atomic E-state index is 13.1. The Hall–Kier alpha value is -3.39. The first-order valence-electron chi connectivity index (χ1n) is 10.1. The quantitative estimate of drug-likeness (QED) is 0.271. The smallest absolute Gasteiger partial charge is 0.270 e. The van der Waals surface area contributed by atoms with Crippen LogP contribution in [0, 0.1) is 0 Å². The average Bonchev–Trinajstić information content (AvgIpc) is 2.83. The summed E-state index contributed by atoms with van der Waals surface area (Å²) in [5.41, 5.74) is 1.93. The number of methoxy groups -OCH3 is 1. The summed E-state index contributed by atoms with van der Waals surface area (Å²) >= 11 is 17.2. The summed E-state index contributed by atoms with van der Waals surface area (Å²) in [5, 5.41) is 3.51. The van der Waals surface area contributed by atoms with Gasteiger partial charge < -0.3 is 9.47 Å². The lowest BCUT2D eigenvalue weighted by atomic mass is 10.1. The number of hydrogen-bond donors (Lipinski definition) is 1. The third-order valence-electron chi connectivity index (χ3n) is 4.99. The summed E-state index contributed by atoms with van der Waals surface area (Å²) in [5.74, 6) is -0.157. The zero-order valence-electron chi connectivity index (χ0n) is 17.9. The van der Waals surface area contributed by atoms with E-state index in [-0.39, 0.29) is 17.3 Å². The first-order valence-corrected chi connectivity index (χ1v) is 11.2. The molecule has 1 fully saturated rings. The van der Waals surface area contributed by atoms with Gasteiger partial charge in [0.1, 0.15) is 12.2 Å². The molecule has 1 saturated heterocycles. The molecule has 0 atom stereocenters. The van der Waals surface area contributed by atoms with Crippen LogP contribution in [0.2, 0.25) is 10.0 Å². The molecule has 0 aliphatic carbocycles. The van der Waals surface area contributed by atoms with Gasteiger partial charge in [0.25, 0.3) is 11.8 Å². The highest BCUT2D eigenvalue weighted by Gasteiger charge is 2.34. The summed E-state index contributed by atoms with van der Waals surface area (Å²) in [6.07, 6.45) is 1.49. The predicted molar refractivity (Wildman–Crippen MR) is 136 cm³/mol. The summed E-state index contributed by atoms with van der Waals surface area (Å²) in [6.45, 7) is 0.248. The minimum atomic E-state index is -0.568. The molecule has 1 aliphatic rings. The van der Waals surface area contributed by atoms with Gasteiger partial charge in [0, 0.05) is 0 Å². The topological polar surface area (TPSA) is 67.9 Å². The number of halogens is 2. The molecule has 1 heterocycles. The molecule has 1 N–H and O–H groups in total. The lowest BCUT2D eigenvalue weighted by Crippen LogP contribution is -2.54. The number of thiocarbonyl (C=S) groups is 1. The molecule has 0 aromatic heterocycles. The highest BCUT2D eigenvalue weighted by atomic mass is 35.5. The minimum Gasteiger partial charge on any atom is -0.493 e. The molecule has 3 aromatic carbocycles. The van der Waals surface area contributed by atoms with E-state index in [0.29, 0.717) is 32.8 Å². The molecule has 0 saturated carbocycles. The summed E-state index contributed by atoms with van der Waals surface area (Å²) < 4.78 is 11.3. The zero-order chi connectivity index (χ0) is 24.2. The molecular weight excluding hydrogens is 495 g/mol. The summed E-state index contributed by atoms with van der Waals surface area (Å²) in [4.78, 5) is 26.9. The Morgan fingerprint density at radius 2 is 1.74 bits per heavy atom. The van der Waals surface area contributed by atoms with Gasteiger partial charge in [-0.05, 0) is 65.8 Å². The number of benzene rings is 3. The van der Waals surface area contributed by atoms with Gasteiger partial charge in [0.15, 0.2) is 16.6 Å². The van der Waals surface area contributed by atoms with Gasteiger partial charge >= 0.3 is 0 Å². The molecule has 2 amide bonds. The van der Waals surface area contributed by atoms with Crippen molar-refractivity contribution in [3.63, 3.8) is 0 Å². The maximum absolute atomic E-state index is 13.1. The van der Waals surface area contributed by atoms with E-state index in [0.717, 1.165) is 5.56 Å². The first kappa shape index (κ1) is 23.8. The normalized spacial score (nSPS) is 14.9. The van der Waals surface area contributed by atoms with Crippen molar-refractivity contribution in [1.29, 1.82) is 0 Å². The van der Waals surface area contributed by atoms with Crippen molar-refractivity contribution in [2.75, 3.05) is 12.0 Å². The number of hydrogen-bond acceptors (Lipinski definition) is 5. The lowest BCUT2D eigenvalue weighted by Gasteiger charge is -2.28. The highest BCUT2D eigenvalue weighted by Crippen LogP contribution is 2.31. The first-order chi connectivity index (χ1) is 16.4. The van der Waals surface area contributed by atoms with Crippen LogP contribution in [0.4, 0.5) is 5.69 Å². The summed E-state index contributed by atoms with van der Waals surface area (Å²) in [6, 6.07) is 19.2. The predicted octanol–water partition coefficient (Wildman–Crippen LogP) is 5.41. The van der Waals surface area contributed by atoms with Crippen molar-refractivity contribution in [1.82, 2.24) is 5.32 Å². The Morgan fingerprint density at radius 3 is 2.44 bits per heavy atom. The molecule has 9 heteroatoms. The van der Waals surface area contributed by atoms with Crippen LogP contribution in [-0.4, -0.2) is 24.0 Å². The number of para-hydroxylation sites is 1. The second kappa shape index (κ2) is 10.3. The molecule has 6 nitrogen and oxygen atoms in total. The zero-order valence-corrected chi connectivity index (χ0v) is 20.2. The Labute approximate surface area is 211 Å². The Bertz CT molecular complexity index is 1310. The fourth-order valence-corrected chi connectivity index (χ4v) is 3.92. The van der Waals surface area contributed by atoms with Crippen molar-refractivity contribution in [2.45, 2.75) is 6.61 Å². The van der Waals surface area contributed by atoms with Crippen LogP contribution in [0.3, 0.4) is 0 Å². The van der Waals surface area contributed by atoms with E-state index in [1.54, 1.807) is 54.6 Å². The molecule has 3 aromatic rings. The van der Waals surface area contributed by atoms with Gasteiger partial charge in [0.2, 0.25) is 0 Å². The molecule has 0 bridgehead atoms. The third kappa shape index (κ3) is 5.07. The van der Waals surface area contributed by atoms with Gasteiger partial charge in [-0.25, -0.2) is 0 Å². The third-order valence-corrected chi connectivity index (χ3v) is 6.02.